The summed E-state index contributed by atoms with van der Waals surface area (Å²) in [4.78, 5) is 36.7. The van der Waals surface area contributed by atoms with E-state index in [1.807, 2.05) is 13.8 Å². The molecule has 0 saturated heterocycles. The van der Waals surface area contributed by atoms with Crippen LogP contribution in [0.3, 0.4) is 0 Å². The number of alkyl halides is 2. The highest BCUT2D eigenvalue weighted by Gasteiger charge is 2.83. The molecule has 5 unspecified atom stereocenters. The van der Waals surface area contributed by atoms with Crippen molar-refractivity contribution in [3.05, 3.63) is 20.1 Å². The Morgan fingerprint density at radius 1 is 1.03 bits per heavy atom. The van der Waals surface area contributed by atoms with Crippen molar-refractivity contribution in [1.82, 2.24) is 0 Å². The summed E-state index contributed by atoms with van der Waals surface area (Å²) in [5.41, 5.74) is -1.75. The fourth-order valence-corrected chi connectivity index (χ4v) is 8.93. The Hall–Kier alpha value is -0.190. The first-order valence-corrected chi connectivity index (χ1v) is 13.2. The Bertz CT molecular complexity index is 852. The maximum atomic E-state index is 13.0. The van der Waals surface area contributed by atoms with E-state index in [1.165, 1.54) is 6.92 Å². The molecule has 1 fully saturated rings. The number of unbranched alkanes of at least 4 members (excludes halogenated alkanes) is 1. The largest absolute Gasteiger partial charge is 0.457 e. The van der Waals surface area contributed by atoms with Crippen molar-refractivity contribution in [2.45, 2.75) is 79.8 Å². The predicted molar refractivity (Wildman–Crippen MR) is 125 cm³/mol. The van der Waals surface area contributed by atoms with Crippen LogP contribution in [0.25, 0.3) is 0 Å². The lowest BCUT2D eigenvalue weighted by Crippen LogP contribution is -2.78. The number of rotatable bonds is 7. The zero-order valence-electron chi connectivity index (χ0n) is 16.7. The van der Waals surface area contributed by atoms with E-state index >= 15 is 0 Å². The molecule has 1 saturated carbocycles. The fourth-order valence-electron chi connectivity index (χ4n) is 4.22. The topological polar surface area (TPSA) is 78.9 Å². The lowest BCUT2D eigenvalue weighted by atomic mass is 9.64. The van der Waals surface area contributed by atoms with Crippen LogP contribution in [0.5, 0.6) is 0 Å². The summed E-state index contributed by atoms with van der Waals surface area (Å²) in [7, 11) is 0. The minimum absolute atomic E-state index is 0.244. The van der Waals surface area contributed by atoms with E-state index in [0.717, 1.165) is 12.8 Å². The van der Waals surface area contributed by atoms with E-state index in [4.69, 9.17) is 14.2 Å². The number of hydrogen-bond donors (Lipinski definition) is 0. The molecule has 1 aliphatic carbocycles. The molecule has 6 nitrogen and oxygen atoms in total. The van der Waals surface area contributed by atoms with Gasteiger partial charge in [-0.05, 0) is 19.3 Å². The maximum Gasteiger partial charge on any atom is 0.339 e. The number of fused-ring (bicyclic) bond motifs is 1. The predicted octanol–water partition coefficient (Wildman–Crippen LogP) is 5.34. The Balaban J connectivity index is 2.13. The number of carbonyl (C=O) groups excluding carboxylic acids is 3. The van der Waals surface area contributed by atoms with Gasteiger partial charge < -0.3 is 14.2 Å². The highest BCUT2D eigenvalue weighted by atomic mass is 79.9. The second kappa shape index (κ2) is 8.98. The van der Waals surface area contributed by atoms with Crippen molar-refractivity contribution in [3.8, 4) is 0 Å². The van der Waals surface area contributed by atoms with Gasteiger partial charge in [0.05, 0.1) is 29.8 Å². The molecule has 0 bridgehead atoms. The van der Waals surface area contributed by atoms with Crippen molar-refractivity contribution in [3.63, 3.8) is 0 Å². The van der Waals surface area contributed by atoms with Crippen LogP contribution >= 0.6 is 63.7 Å². The molecular weight excluding hydrogens is 656 g/mol. The van der Waals surface area contributed by atoms with E-state index in [-0.39, 0.29) is 15.2 Å². The van der Waals surface area contributed by atoms with Gasteiger partial charge in [-0.15, -0.1) is 0 Å². The van der Waals surface area contributed by atoms with Crippen LogP contribution < -0.4 is 0 Å². The molecular formula is C20H22Br4O6. The Labute approximate surface area is 209 Å². The normalized spacial score (nSPS) is 33.8. The SMILES string of the molecule is CCCCC1=C(Br)C2(OC1=O)C(Br)C(Br)C21OC(=O)C(C(CCC)OC(C)=O)=C1Br. The van der Waals surface area contributed by atoms with Gasteiger partial charge in [-0.2, -0.15) is 0 Å². The summed E-state index contributed by atoms with van der Waals surface area (Å²) >= 11 is 14.4. The van der Waals surface area contributed by atoms with Gasteiger partial charge in [0, 0.05) is 6.92 Å². The van der Waals surface area contributed by atoms with Crippen LogP contribution in [0.2, 0.25) is 0 Å². The zero-order chi connectivity index (χ0) is 22.4. The summed E-state index contributed by atoms with van der Waals surface area (Å²) in [5, 5.41) is 0. The first-order valence-electron chi connectivity index (χ1n) is 9.81. The highest BCUT2D eigenvalue weighted by Crippen LogP contribution is 2.68. The summed E-state index contributed by atoms with van der Waals surface area (Å²) < 4.78 is 18.3. The molecule has 10 heteroatoms. The molecule has 166 valence electrons. The molecule has 0 aromatic carbocycles. The van der Waals surface area contributed by atoms with Crippen LogP contribution in [0.1, 0.15) is 52.9 Å². The van der Waals surface area contributed by atoms with E-state index in [0.29, 0.717) is 33.8 Å². The van der Waals surface area contributed by atoms with Gasteiger partial charge >= 0.3 is 17.9 Å². The highest BCUT2D eigenvalue weighted by molar-refractivity contribution is 9.13. The molecule has 0 amide bonds. The summed E-state index contributed by atoms with van der Waals surface area (Å²) in [6.07, 6.45) is 2.74. The average Bonchev–Trinajstić information content (AvgIpc) is 3.11. The van der Waals surface area contributed by atoms with E-state index in [1.54, 1.807) is 0 Å². The number of ether oxygens (including phenoxy) is 3. The zero-order valence-corrected chi connectivity index (χ0v) is 23.1. The Morgan fingerprint density at radius 3 is 2.13 bits per heavy atom. The molecule has 0 N–H and O–H groups in total. The third-order valence-electron chi connectivity index (χ3n) is 5.67. The van der Waals surface area contributed by atoms with Gasteiger partial charge in [-0.25, -0.2) is 9.59 Å². The number of hydrogen-bond acceptors (Lipinski definition) is 6. The van der Waals surface area contributed by atoms with Gasteiger partial charge in [-0.3, -0.25) is 4.79 Å². The first kappa shape index (κ1) is 24.5. The molecule has 0 aromatic heterocycles. The van der Waals surface area contributed by atoms with E-state index in [2.05, 4.69) is 63.7 Å². The monoisotopic (exact) mass is 674 g/mol. The molecule has 2 spiro atoms. The molecule has 3 rings (SSSR count). The number of esters is 3. The molecule has 2 aliphatic heterocycles. The molecule has 3 aliphatic rings. The van der Waals surface area contributed by atoms with Crippen molar-refractivity contribution in [2.75, 3.05) is 0 Å². The Morgan fingerprint density at radius 2 is 1.60 bits per heavy atom. The van der Waals surface area contributed by atoms with Gasteiger partial charge in [-0.1, -0.05) is 90.4 Å². The second-order valence-corrected chi connectivity index (χ2v) is 11.1. The third-order valence-corrected chi connectivity index (χ3v) is 10.8. The van der Waals surface area contributed by atoms with Crippen LogP contribution in [0.15, 0.2) is 20.1 Å². The fraction of sp³-hybridized carbons (Fsp3) is 0.650. The maximum absolute atomic E-state index is 13.0. The quantitative estimate of drug-likeness (QED) is 0.206. The minimum Gasteiger partial charge on any atom is -0.457 e. The Kier molecular flexibility index (Phi) is 7.32. The van der Waals surface area contributed by atoms with Crippen LogP contribution in [0, 0.1) is 0 Å². The molecule has 2 heterocycles. The summed E-state index contributed by atoms with van der Waals surface area (Å²) in [6, 6.07) is 0. The van der Waals surface area contributed by atoms with Gasteiger partial charge in [0.1, 0.15) is 6.10 Å². The smallest absolute Gasteiger partial charge is 0.339 e. The standard InChI is InChI=1S/C20H22Br4O6/c1-4-6-8-10-13(21)19(29-17(10)26)15(23)16(24)20(19)14(22)12(18(27)30-20)11(7-5-2)28-9(3)25/h11,15-16H,4-8H2,1-3H3. The third kappa shape index (κ3) is 3.30. The average molecular weight is 678 g/mol. The van der Waals surface area contributed by atoms with Crippen molar-refractivity contribution in [2.24, 2.45) is 0 Å². The van der Waals surface area contributed by atoms with Crippen LogP contribution in [-0.4, -0.2) is 44.9 Å². The molecule has 0 aromatic rings. The molecule has 5 atom stereocenters. The van der Waals surface area contributed by atoms with E-state index in [9.17, 15) is 14.4 Å². The summed E-state index contributed by atoms with van der Waals surface area (Å²) in [6.45, 7) is 5.29. The molecule has 0 radical (unpaired) electrons. The van der Waals surface area contributed by atoms with Crippen molar-refractivity contribution in [1.29, 1.82) is 0 Å². The van der Waals surface area contributed by atoms with Crippen molar-refractivity contribution < 1.29 is 28.6 Å². The lowest BCUT2D eigenvalue weighted by molar-refractivity contribution is -0.201. The second-order valence-electron chi connectivity index (χ2n) is 7.56. The number of carbonyl (C=O) groups is 3. The minimum atomic E-state index is -1.30. The lowest BCUT2D eigenvalue weighted by Gasteiger charge is -2.59. The van der Waals surface area contributed by atoms with E-state index < -0.39 is 35.2 Å². The van der Waals surface area contributed by atoms with Gasteiger partial charge in [0.2, 0.25) is 11.2 Å². The number of halogens is 4. The first-order chi connectivity index (χ1) is 14.1. The van der Waals surface area contributed by atoms with Crippen LogP contribution in [-0.2, 0) is 28.6 Å². The van der Waals surface area contributed by atoms with Crippen LogP contribution in [0.4, 0.5) is 0 Å². The van der Waals surface area contributed by atoms with Gasteiger partial charge in [0.15, 0.2) is 0 Å². The van der Waals surface area contributed by atoms with Crippen molar-refractivity contribution >= 4 is 81.6 Å². The molecule has 30 heavy (non-hydrogen) atoms. The summed E-state index contributed by atoms with van der Waals surface area (Å²) in [5.74, 6) is -1.50. The van der Waals surface area contributed by atoms with Gasteiger partial charge in [0.25, 0.3) is 0 Å².